The third-order valence-corrected chi connectivity index (χ3v) is 2.78. The molecule has 96 valence electrons. The van der Waals surface area contributed by atoms with Crippen LogP contribution in [-0.4, -0.2) is 11.6 Å². The lowest BCUT2D eigenvalue weighted by molar-refractivity contribution is 0.293. The predicted molar refractivity (Wildman–Crippen MR) is 71.0 cm³/mol. The van der Waals surface area contributed by atoms with E-state index in [-0.39, 0.29) is 0 Å². The molecule has 0 fully saturated rings. The molecule has 3 heteroatoms. The van der Waals surface area contributed by atoms with E-state index in [4.69, 9.17) is 10.5 Å². The molecule has 0 unspecified atom stereocenters. The van der Waals surface area contributed by atoms with Gasteiger partial charge in [0.15, 0.2) is 0 Å². The van der Waals surface area contributed by atoms with E-state index in [1.165, 1.54) is 32.1 Å². The highest BCUT2D eigenvalue weighted by Gasteiger charge is 1.96. The Morgan fingerprint density at radius 1 is 1.12 bits per heavy atom. The zero-order chi connectivity index (χ0) is 12.3. The van der Waals surface area contributed by atoms with Gasteiger partial charge in [-0.25, -0.2) is 4.98 Å². The van der Waals surface area contributed by atoms with Crippen molar-refractivity contribution in [3.63, 3.8) is 0 Å². The van der Waals surface area contributed by atoms with Crippen molar-refractivity contribution in [1.82, 2.24) is 4.98 Å². The minimum atomic E-state index is 0.532. The normalized spacial score (nSPS) is 10.5. The van der Waals surface area contributed by atoms with E-state index >= 15 is 0 Å². The first-order valence-corrected chi connectivity index (χ1v) is 6.64. The molecule has 1 rings (SSSR count). The van der Waals surface area contributed by atoms with Crippen molar-refractivity contribution < 1.29 is 4.74 Å². The number of hydrogen-bond acceptors (Lipinski definition) is 3. The number of unbranched alkanes of at least 4 members (excludes halogenated alkanes) is 5. The molecule has 0 saturated heterocycles. The van der Waals surface area contributed by atoms with Gasteiger partial charge in [0.05, 0.1) is 6.61 Å². The second-order valence-electron chi connectivity index (χ2n) is 4.33. The zero-order valence-corrected chi connectivity index (χ0v) is 10.8. The highest BCUT2D eigenvalue weighted by molar-refractivity contribution is 5.17. The number of ether oxygens (including phenoxy) is 1. The molecule has 1 aromatic heterocycles. The zero-order valence-electron chi connectivity index (χ0n) is 10.8. The van der Waals surface area contributed by atoms with Gasteiger partial charge in [0.1, 0.15) is 0 Å². The molecule has 0 aliphatic heterocycles. The van der Waals surface area contributed by atoms with Crippen LogP contribution in [0.15, 0.2) is 18.3 Å². The summed E-state index contributed by atoms with van der Waals surface area (Å²) >= 11 is 0. The Morgan fingerprint density at radius 3 is 2.53 bits per heavy atom. The number of pyridine rings is 1. The van der Waals surface area contributed by atoms with Gasteiger partial charge in [-0.1, -0.05) is 45.1 Å². The van der Waals surface area contributed by atoms with Gasteiger partial charge in [-0.15, -0.1) is 0 Å². The van der Waals surface area contributed by atoms with E-state index in [2.05, 4.69) is 11.9 Å². The fourth-order valence-corrected chi connectivity index (χ4v) is 1.68. The van der Waals surface area contributed by atoms with Crippen molar-refractivity contribution >= 4 is 0 Å². The van der Waals surface area contributed by atoms with E-state index in [0.717, 1.165) is 18.6 Å². The van der Waals surface area contributed by atoms with Crippen molar-refractivity contribution in [2.45, 2.75) is 52.0 Å². The molecule has 0 aliphatic rings. The molecule has 2 N–H and O–H groups in total. The van der Waals surface area contributed by atoms with Crippen LogP contribution in [-0.2, 0) is 6.54 Å². The molecule has 3 nitrogen and oxygen atoms in total. The molecule has 0 aliphatic carbocycles. The minimum Gasteiger partial charge on any atom is -0.478 e. The number of aromatic nitrogens is 1. The topological polar surface area (TPSA) is 48.1 Å². The average molecular weight is 236 g/mol. The molecular formula is C14H24N2O. The third kappa shape index (κ3) is 6.27. The van der Waals surface area contributed by atoms with Gasteiger partial charge < -0.3 is 10.5 Å². The van der Waals surface area contributed by atoms with Crippen molar-refractivity contribution in [3.8, 4) is 5.88 Å². The van der Waals surface area contributed by atoms with Crippen molar-refractivity contribution in [2.24, 2.45) is 5.73 Å². The molecular weight excluding hydrogens is 212 g/mol. The lowest BCUT2D eigenvalue weighted by Crippen LogP contribution is -2.01. The second kappa shape index (κ2) is 8.99. The number of nitrogens with zero attached hydrogens (tertiary/aromatic N) is 1. The van der Waals surface area contributed by atoms with E-state index in [1.54, 1.807) is 6.20 Å². The molecule has 1 heterocycles. The van der Waals surface area contributed by atoms with Gasteiger partial charge in [0.2, 0.25) is 5.88 Å². The summed E-state index contributed by atoms with van der Waals surface area (Å²) in [5.74, 6) is 0.704. The lowest BCUT2D eigenvalue weighted by Gasteiger charge is -2.05. The van der Waals surface area contributed by atoms with E-state index < -0.39 is 0 Å². The predicted octanol–water partition coefficient (Wildman–Crippen LogP) is 3.28. The van der Waals surface area contributed by atoms with Crippen molar-refractivity contribution in [2.75, 3.05) is 6.61 Å². The second-order valence-corrected chi connectivity index (χ2v) is 4.33. The van der Waals surface area contributed by atoms with E-state index in [9.17, 15) is 0 Å². The smallest absolute Gasteiger partial charge is 0.213 e. The van der Waals surface area contributed by atoms with Gasteiger partial charge in [-0.3, -0.25) is 0 Å². The standard InChI is InChI=1S/C14H24N2O/c1-2-3-4-5-6-7-10-17-14-9-8-13(11-15)12-16-14/h8-9,12H,2-7,10-11,15H2,1H3. The summed E-state index contributed by atoms with van der Waals surface area (Å²) in [6.07, 6.45) is 9.45. The fraction of sp³-hybridized carbons (Fsp3) is 0.643. The van der Waals surface area contributed by atoms with Crippen LogP contribution >= 0.6 is 0 Å². The summed E-state index contributed by atoms with van der Waals surface area (Å²) in [4.78, 5) is 4.19. The Morgan fingerprint density at radius 2 is 1.88 bits per heavy atom. The van der Waals surface area contributed by atoms with Gasteiger partial charge in [-0.05, 0) is 12.0 Å². The summed E-state index contributed by atoms with van der Waals surface area (Å²) < 4.78 is 5.56. The minimum absolute atomic E-state index is 0.532. The van der Waals surface area contributed by atoms with Gasteiger partial charge in [0, 0.05) is 18.8 Å². The van der Waals surface area contributed by atoms with Crippen molar-refractivity contribution in [1.29, 1.82) is 0 Å². The van der Waals surface area contributed by atoms with Crippen LogP contribution in [0.2, 0.25) is 0 Å². The molecule has 17 heavy (non-hydrogen) atoms. The molecule has 0 amide bonds. The largest absolute Gasteiger partial charge is 0.478 e. The molecule has 0 bridgehead atoms. The van der Waals surface area contributed by atoms with Crippen LogP contribution in [0.4, 0.5) is 0 Å². The number of nitrogens with two attached hydrogens (primary N) is 1. The number of hydrogen-bond donors (Lipinski definition) is 1. The molecule has 0 radical (unpaired) electrons. The van der Waals surface area contributed by atoms with Gasteiger partial charge in [0.25, 0.3) is 0 Å². The maximum absolute atomic E-state index is 5.56. The summed E-state index contributed by atoms with van der Waals surface area (Å²) in [5.41, 5.74) is 6.54. The monoisotopic (exact) mass is 236 g/mol. The average Bonchev–Trinajstić information content (AvgIpc) is 2.38. The Balaban J connectivity index is 2.05. The van der Waals surface area contributed by atoms with E-state index in [1.807, 2.05) is 12.1 Å². The molecule has 0 aromatic carbocycles. The highest BCUT2D eigenvalue weighted by Crippen LogP contribution is 2.09. The lowest BCUT2D eigenvalue weighted by atomic mass is 10.1. The summed E-state index contributed by atoms with van der Waals surface area (Å²) in [5, 5.41) is 0. The Hall–Kier alpha value is -1.09. The van der Waals surface area contributed by atoms with Crippen LogP contribution < -0.4 is 10.5 Å². The quantitative estimate of drug-likeness (QED) is 0.669. The van der Waals surface area contributed by atoms with Crippen LogP contribution in [0.5, 0.6) is 5.88 Å². The maximum Gasteiger partial charge on any atom is 0.213 e. The Labute approximate surface area is 104 Å². The molecule has 0 saturated carbocycles. The Kier molecular flexibility index (Phi) is 7.39. The highest BCUT2D eigenvalue weighted by atomic mass is 16.5. The Bertz CT molecular complexity index is 285. The maximum atomic E-state index is 5.56. The van der Waals surface area contributed by atoms with E-state index in [0.29, 0.717) is 12.4 Å². The molecule has 0 atom stereocenters. The summed E-state index contributed by atoms with van der Waals surface area (Å²) in [6.45, 7) is 3.53. The third-order valence-electron chi connectivity index (χ3n) is 2.78. The van der Waals surface area contributed by atoms with Crippen LogP contribution in [0, 0.1) is 0 Å². The SMILES string of the molecule is CCCCCCCCOc1ccc(CN)cn1. The first-order valence-electron chi connectivity index (χ1n) is 6.64. The first-order chi connectivity index (χ1) is 8.36. The first kappa shape index (κ1) is 14.0. The summed E-state index contributed by atoms with van der Waals surface area (Å²) in [7, 11) is 0. The molecule has 0 spiro atoms. The van der Waals surface area contributed by atoms with Crippen LogP contribution in [0.1, 0.15) is 51.0 Å². The summed E-state index contributed by atoms with van der Waals surface area (Å²) in [6, 6.07) is 3.85. The molecule has 1 aromatic rings. The number of rotatable bonds is 9. The van der Waals surface area contributed by atoms with Crippen LogP contribution in [0.3, 0.4) is 0 Å². The fourth-order valence-electron chi connectivity index (χ4n) is 1.68. The van der Waals surface area contributed by atoms with Crippen LogP contribution in [0.25, 0.3) is 0 Å². The van der Waals surface area contributed by atoms with Crippen molar-refractivity contribution in [3.05, 3.63) is 23.9 Å². The van der Waals surface area contributed by atoms with Gasteiger partial charge in [-0.2, -0.15) is 0 Å². The van der Waals surface area contributed by atoms with Gasteiger partial charge >= 0.3 is 0 Å².